The molecule has 0 atom stereocenters. The first-order chi connectivity index (χ1) is 19.4. The fraction of sp³-hybridized carbons (Fsp3) is 0.486. The van der Waals surface area contributed by atoms with Gasteiger partial charge in [0.1, 0.15) is 6.61 Å². The maximum Gasteiger partial charge on any atom is 0.162 e. The number of rotatable bonds is 8. The van der Waals surface area contributed by atoms with E-state index in [1.165, 1.54) is 0 Å². The van der Waals surface area contributed by atoms with Crippen LogP contribution >= 0.6 is 11.6 Å². The number of allylic oxidation sites excluding steroid dienone is 4. The minimum absolute atomic E-state index is 0.133. The largest absolute Gasteiger partial charge is 0.490 e. The molecule has 0 aromatic heterocycles. The number of Topliss-reactive ketones (excluding diaryl/α,β-unsaturated/α-hetero) is 2. The van der Waals surface area contributed by atoms with Gasteiger partial charge in [-0.3, -0.25) is 9.59 Å². The Morgan fingerprint density at radius 3 is 2.00 bits per heavy atom. The summed E-state index contributed by atoms with van der Waals surface area (Å²) in [4.78, 5) is 30.3. The van der Waals surface area contributed by atoms with Crippen molar-refractivity contribution >= 4 is 23.2 Å². The van der Waals surface area contributed by atoms with Gasteiger partial charge in [0.15, 0.2) is 23.1 Å². The zero-order valence-corrected chi connectivity index (χ0v) is 26.0. The number of ketones is 2. The smallest absolute Gasteiger partial charge is 0.162 e. The van der Waals surface area contributed by atoms with Crippen LogP contribution in [0.2, 0.25) is 5.02 Å². The van der Waals surface area contributed by atoms with E-state index in [1.807, 2.05) is 49.4 Å². The highest BCUT2D eigenvalue weighted by Crippen LogP contribution is 2.55. The molecule has 5 rings (SSSR count). The SMILES string of the molecule is CCCN1C2=C(C(=O)CC(C)(C)C2)C(c2ccc(OCc3ccccc3Cl)c(OCC)c2)C2=C1CC(C)(C)CC2=O. The minimum atomic E-state index is -0.405. The van der Waals surface area contributed by atoms with E-state index in [9.17, 15) is 9.59 Å². The normalized spacial score (nSPS) is 20.2. The Kier molecular flexibility index (Phi) is 8.13. The third-order valence-corrected chi connectivity index (χ3v) is 8.78. The molecule has 0 saturated heterocycles. The van der Waals surface area contributed by atoms with Gasteiger partial charge in [-0.2, -0.15) is 0 Å². The van der Waals surface area contributed by atoms with Crippen molar-refractivity contribution in [2.75, 3.05) is 13.2 Å². The first kappa shape index (κ1) is 29.4. The summed E-state index contributed by atoms with van der Waals surface area (Å²) >= 11 is 6.36. The second-order valence-corrected chi connectivity index (χ2v) is 13.6. The molecule has 0 amide bonds. The van der Waals surface area contributed by atoms with Crippen LogP contribution in [-0.2, 0) is 16.2 Å². The third kappa shape index (κ3) is 5.83. The molecule has 0 N–H and O–H groups in total. The van der Waals surface area contributed by atoms with Crippen LogP contribution in [0.4, 0.5) is 0 Å². The Hall–Kier alpha value is -3.05. The lowest BCUT2D eigenvalue weighted by molar-refractivity contribution is -0.119. The Bertz CT molecular complexity index is 1380. The van der Waals surface area contributed by atoms with E-state index in [4.69, 9.17) is 21.1 Å². The number of hydrogen-bond donors (Lipinski definition) is 0. The highest BCUT2D eigenvalue weighted by Gasteiger charge is 2.48. The average molecular weight is 576 g/mol. The first-order valence-electron chi connectivity index (χ1n) is 14.9. The van der Waals surface area contributed by atoms with Gasteiger partial charge < -0.3 is 14.4 Å². The summed E-state index contributed by atoms with van der Waals surface area (Å²) in [5, 5.41) is 0.650. The summed E-state index contributed by atoms with van der Waals surface area (Å²) in [6.07, 6.45) is 3.51. The Morgan fingerprint density at radius 2 is 1.44 bits per heavy atom. The van der Waals surface area contributed by atoms with Crippen molar-refractivity contribution < 1.29 is 19.1 Å². The van der Waals surface area contributed by atoms with E-state index in [2.05, 4.69) is 39.5 Å². The minimum Gasteiger partial charge on any atom is -0.490 e. The highest BCUT2D eigenvalue weighted by atomic mass is 35.5. The molecule has 5 nitrogen and oxygen atoms in total. The number of ether oxygens (including phenoxy) is 2. The topological polar surface area (TPSA) is 55.8 Å². The van der Waals surface area contributed by atoms with E-state index < -0.39 is 5.92 Å². The molecule has 1 heterocycles. The monoisotopic (exact) mass is 575 g/mol. The van der Waals surface area contributed by atoms with Gasteiger partial charge in [-0.25, -0.2) is 0 Å². The molecular formula is C35H42ClNO4. The van der Waals surface area contributed by atoms with Crippen LogP contribution in [-0.4, -0.2) is 29.6 Å². The zero-order chi connectivity index (χ0) is 29.5. The van der Waals surface area contributed by atoms with E-state index in [-0.39, 0.29) is 22.4 Å². The molecule has 1 aliphatic heterocycles. The quantitative estimate of drug-likeness (QED) is 0.316. The fourth-order valence-corrected chi connectivity index (χ4v) is 6.93. The third-order valence-electron chi connectivity index (χ3n) is 8.41. The van der Waals surface area contributed by atoms with Crippen molar-refractivity contribution in [3.8, 4) is 11.5 Å². The van der Waals surface area contributed by atoms with Crippen molar-refractivity contribution in [2.45, 2.75) is 86.2 Å². The van der Waals surface area contributed by atoms with Crippen LogP contribution in [0.25, 0.3) is 0 Å². The first-order valence-corrected chi connectivity index (χ1v) is 15.3. The maximum absolute atomic E-state index is 14.0. The van der Waals surface area contributed by atoms with E-state index in [1.54, 1.807) is 0 Å². The lowest BCUT2D eigenvalue weighted by atomic mass is 9.63. The number of nitrogens with zero attached hydrogens (tertiary/aromatic N) is 1. The lowest BCUT2D eigenvalue weighted by Gasteiger charge is -2.49. The summed E-state index contributed by atoms with van der Waals surface area (Å²) in [6.45, 7) is 14.4. The van der Waals surface area contributed by atoms with Crippen LogP contribution in [0.1, 0.15) is 90.7 Å². The van der Waals surface area contributed by atoms with Crippen molar-refractivity contribution in [1.29, 1.82) is 0 Å². The second-order valence-electron chi connectivity index (χ2n) is 13.2. The number of benzene rings is 2. The number of halogens is 1. The molecular weight excluding hydrogens is 534 g/mol. The highest BCUT2D eigenvalue weighted by molar-refractivity contribution is 6.31. The van der Waals surface area contributed by atoms with Crippen LogP contribution in [0.5, 0.6) is 11.5 Å². The van der Waals surface area contributed by atoms with Crippen LogP contribution in [0.3, 0.4) is 0 Å². The summed E-state index contributed by atoms with van der Waals surface area (Å²) in [7, 11) is 0. The van der Waals surface area contributed by atoms with E-state index in [0.717, 1.165) is 59.5 Å². The molecule has 0 radical (unpaired) electrons. The summed E-state index contributed by atoms with van der Waals surface area (Å²) < 4.78 is 12.3. The van der Waals surface area contributed by atoms with Crippen molar-refractivity contribution in [2.24, 2.45) is 10.8 Å². The Labute approximate surface area is 249 Å². The molecule has 41 heavy (non-hydrogen) atoms. The van der Waals surface area contributed by atoms with Gasteiger partial charge in [-0.15, -0.1) is 0 Å². The molecule has 218 valence electrons. The molecule has 0 fully saturated rings. The van der Waals surface area contributed by atoms with Gasteiger partial charge in [0.2, 0.25) is 0 Å². The molecule has 0 spiro atoms. The van der Waals surface area contributed by atoms with Crippen molar-refractivity contribution in [3.05, 3.63) is 81.2 Å². The predicted octanol–water partition coefficient (Wildman–Crippen LogP) is 8.41. The van der Waals surface area contributed by atoms with Crippen LogP contribution in [0.15, 0.2) is 65.0 Å². The molecule has 2 aromatic rings. The second kappa shape index (κ2) is 11.3. The molecule has 2 aliphatic carbocycles. The summed E-state index contributed by atoms with van der Waals surface area (Å²) in [6, 6.07) is 13.5. The Balaban J connectivity index is 1.63. The van der Waals surface area contributed by atoms with Crippen LogP contribution in [0, 0.1) is 10.8 Å². The molecule has 3 aliphatic rings. The average Bonchev–Trinajstić information content (AvgIpc) is 2.88. The summed E-state index contributed by atoms with van der Waals surface area (Å²) in [5.74, 6) is 1.09. The molecule has 0 saturated carbocycles. The summed E-state index contributed by atoms with van der Waals surface area (Å²) in [5.41, 5.74) is 5.29. The van der Waals surface area contributed by atoms with Crippen LogP contribution < -0.4 is 9.47 Å². The van der Waals surface area contributed by atoms with Gasteiger partial charge in [0, 0.05) is 58.4 Å². The predicted molar refractivity (Wildman–Crippen MR) is 163 cm³/mol. The van der Waals surface area contributed by atoms with Gasteiger partial charge >= 0.3 is 0 Å². The number of hydrogen-bond acceptors (Lipinski definition) is 5. The Morgan fingerprint density at radius 1 is 0.829 bits per heavy atom. The number of carbonyl (C=O) groups is 2. The number of carbonyl (C=O) groups excluding carboxylic acids is 2. The standard InChI is InChI=1S/C35H42ClNO4/c1-7-15-37-25-17-34(3,4)19-27(38)32(25)31(33-26(37)18-35(5,6)20-28(33)39)22-13-14-29(30(16-22)40-8-2)41-21-23-11-9-10-12-24(23)36/h9-14,16,31H,7-8,15,17-21H2,1-6H3. The zero-order valence-electron chi connectivity index (χ0n) is 25.2. The molecule has 0 bridgehead atoms. The fourth-order valence-electron chi connectivity index (χ4n) is 6.74. The van der Waals surface area contributed by atoms with Gasteiger partial charge in [-0.05, 0) is 60.8 Å². The van der Waals surface area contributed by atoms with Gasteiger partial charge in [0.05, 0.1) is 6.61 Å². The molecule has 6 heteroatoms. The van der Waals surface area contributed by atoms with Crippen molar-refractivity contribution in [3.63, 3.8) is 0 Å². The molecule has 0 unspecified atom stereocenters. The lowest BCUT2D eigenvalue weighted by Crippen LogP contribution is -2.44. The van der Waals surface area contributed by atoms with E-state index in [0.29, 0.717) is 42.6 Å². The maximum atomic E-state index is 14.0. The van der Waals surface area contributed by atoms with Gasteiger partial charge in [-0.1, -0.05) is 70.5 Å². The van der Waals surface area contributed by atoms with Crippen molar-refractivity contribution in [1.82, 2.24) is 4.90 Å². The van der Waals surface area contributed by atoms with E-state index >= 15 is 0 Å². The molecule has 2 aromatic carbocycles. The van der Waals surface area contributed by atoms with Gasteiger partial charge in [0.25, 0.3) is 0 Å².